The zero-order chi connectivity index (χ0) is 9.90. The molecule has 3 heteroatoms. The Morgan fingerprint density at radius 2 is 2.00 bits per heavy atom. The fourth-order valence-electron chi connectivity index (χ4n) is 2.08. The predicted molar refractivity (Wildman–Crippen MR) is 51.4 cm³/mol. The average Bonchev–Trinajstić information content (AvgIpc) is 2.05. The van der Waals surface area contributed by atoms with Gasteiger partial charge in [0.05, 0.1) is 0 Å². The van der Waals surface area contributed by atoms with E-state index in [1.807, 2.05) is 0 Å². The third kappa shape index (κ3) is 2.99. The molecule has 0 bridgehead atoms. The van der Waals surface area contributed by atoms with Crippen LogP contribution < -0.4 is 5.73 Å². The lowest BCUT2D eigenvalue weighted by Gasteiger charge is -2.28. The Hall–Kier alpha value is -0.570. The molecule has 3 nitrogen and oxygen atoms in total. The lowest BCUT2D eigenvalue weighted by molar-refractivity contribution is -0.143. The third-order valence-electron chi connectivity index (χ3n) is 2.93. The molecule has 1 aliphatic rings. The van der Waals surface area contributed by atoms with Crippen molar-refractivity contribution in [2.75, 3.05) is 0 Å². The van der Waals surface area contributed by atoms with E-state index in [4.69, 9.17) is 10.8 Å². The summed E-state index contributed by atoms with van der Waals surface area (Å²) < 4.78 is 0. The minimum atomic E-state index is -1.03. The van der Waals surface area contributed by atoms with Gasteiger partial charge in [0.1, 0.15) is 5.54 Å². The predicted octanol–water partition coefficient (Wildman–Crippen LogP) is 1.76. The number of hydrogen-bond donors (Lipinski definition) is 2. The van der Waals surface area contributed by atoms with E-state index in [0.29, 0.717) is 12.3 Å². The Labute approximate surface area is 79.3 Å². The Morgan fingerprint density at radius 3 is 2.46 bits per heavy atom. The number of carboxylic acids is 1. The molecule has 3 N–H and O–H groups in total. The number of carbonyl (C=O) groups is 1. The van der Waals surface area contributed by atoms with E-state index in [2.05, 4.69) is 0 Å². The van der Waals surface area contributed by atoms with Crippen molar-refractivity contribution in [1.29, 1.82) is 0 Å². The van der Waals surface area contributed by atoms with Gasteiger partial charge in [0.25, 0.3) is 0 Å². The van der Waals surface area contributed by atoms with E-state index >= 15 is 0 Å². The maximum atomic E-state index is 10.8. The molecule has 0 unspecified atom stereocenters. The summed E-state index contributed by atoms with van der Waals surface area (Å²) in [7, 11) is 0. The van der Waals surface area contributed by atoms with Crippen molar-refractivity contribution < 1.29 is 9.90 Å². The summed E-state index contributed by atoms with van der Waals surface area (Å²) in [5, 5.41) is 8.85. The molecule has 1 fully saturated rings. The summed E-state index contributed by atoms with van der Waals surface area (Å²) in [4.78, 5) is 10.8. The monoisotopic (exact) mass is 185 g/mol. The minimum absolute atomic E-state index is 0.528. The first-order chi connectivity index (χ1) is 6.02. The van der Waals surface area contributed by atoms with Gasteiger partial charge in [-0.25, -0.2) is 0 Å². The molecular weight excluding hydrogens is 166 g/mol. The van der Waals surface area contributed by atoms with Crippen LogP contribution in [0.4, 0.5) is 0 Å². The number of hydrogen-bond acceptors (Lipinski definition) is 2. The van der Waals surface area contributed by atoms with Crippen LogP contribution in [0, 0.1) is 5.92 Å². The van der Waals surface area contributed by atoms with Gasteiger partial charge < -0.3 is 10.8 Å². The molecule has 13 heavy (non-hydrogen) atoms. The summed E-state index contributed by atoms with van der Waals surface area (Å²) in [6, 6.07) is 0. The number of nitrogens with two attached hydrogens (primary N) is 1. The largest absolute Gasteiger partial charge is 0.480 e. The molecule has 0 spiro atoms. The highest BCUT2D eigenvalue weighted by molar-refractivity contribution is 5.77. The molecule has 76 valence electrons. The molecule has 1 saturated carbocycles. The van der Waals surface area contributed by atoms with Crippen molar-refractivity contribution in [2.45, 2.75) is 51.0 Å². The highest BCUT2D eigenvalue weighted by atomic mass is 16.4. The lowest BCUT2D eigenvalue weighted by Crippen LogP contribution is -2.46. The Bertz CT molecular complexity index is 183. The van der Waals surface area contributed by atoms with Gasteiger partial charge >= 0.3 is 5.97 Å². The first-order valence-corrected chi connectivity index (χ1v) is 5.04. The lowest BCUT2D eigenvalue weighted by atomic mass is 9.80. The van der Waals surface area contributed by atoms with Gasteiger partial charge in [0.15, 0.2) is 0 Å². The summed E-state index contributed by atoms with van der Waals surface area (Å²) in [6.45, 7) is 1.62. The van der Waals surface area contributed by atoms with Crippen LogP contribution in [-0.4, -0.2) is 16.6 Å². The summed E-state index contributed by atoms with van der Waals surface area (Å²) in [5.74, 6) is -0.349. The van der Waals surface area contributed by atoms with Crippen molar-refractivity contribution in [2.24, 2.45) is 11.7 Å². The molecule has 0 aromatic carbocycles. The molecule has 0 aromatic rings. The van der Waals surface area contributed by atoms with Crippen LogP contribution in [-0.2, 0) is 4.79 Å². The second kappa shape index (κ2) is 4.09. The fourth-order valence-corrected chi connectivity index (χ4v) is 2.08. The van der Waals surface area contributed by atoms with E-state index in [1.165, 1.54) is 19.3 Å². The molecule has 1 rings (SSSR count). The zero-order valence-electron chi connectivity index (χ0n) is 8.25. The van der Waals surface area contributed by atoms with Gasteiger partial charge in [-0.2, -0.15) is 0 Å². The average molecular weight is 185 g/mol. The Balaban J connectivity index is 2.41. The van der Waals surface area contributed by atoms with Crippen LogP contribution in [0.3, 0.4) is 0 Å². The van der Waals surface area contributed by atoms with E-state index in [9.17, 15) is 4.79 Å². The number of carboxylic acid groups (broad SMARTS) is 1. The van der Waals surface area contributed by atoms with Gasteiger partial charge in [0.2, 0.25) is 0 Å². The van der Waals surface area contributed by atoms with Crippen molar-refractivity contribution in [1.82, 2.24) is 0 Å². The van der Waals surface area contributed by atoms with Crippen LogP contribution >= 0.6 is 0 Å². The second-order valence-electron chi connectivity index (χ2n) is 4.43. The van der Waals surface area contributed by atoms with Crippen molar-refractivity contribution in [3.8, 4) is 0 Å². The summed E-state index contributed by atoms with van der Waals surface area (Å²) in [5.41, 5.74) is 4.67. The van der Waals surface area contributed by atoms with Crippen molar-refractivity contribution in [3.63, 3.8) is 0 Å². The van der Waals surface area contributed by atoms with Crippen molar-refractivity contribution >= 4 is 5.97 Å². The van der Waals surface area contributed by atoms with Crippen LogP contribution in [0.15, 0.2) is 0 Å². The highest BCUT2D eigenvalue weighted by Gasteiger charge is 2.31. The second-order valence-corrected chi connectivity index (χ2v) is 4.43. The first-order valence-electron chi connectivity index (χ1n) is 5.04. The third-order valence-corrected chi connectivity index (χ3v) is 2.93. The van der Waals surface area contributed by atoms with Crippen LogP contribution in [0.1, 0.15) is 45.4 Å². The number of rotatable bonds is 3. The fraction of sp³-hybridized carbons (Fsp3) is 0.900. The molecule has 0 aliphatic heterocycles. The van der Waals surface area contributed by atoms with Gasteiger partial charge in [-0.15, -0.1) is 0 Å². The van der Waals surface area contributed by atoms with Crippen LogP contribution in [0.5, 0.6) is 0 Å². The standard InChI is InChI=1S/C10H19NO2/c1-10(11,9(12)13)7-8-5-3-2-4-6-8/h8H,2-7,11H2,1H3,(H,12,13)/t10-/m0/s1. The van der Waals surface area contributed by atoms with E-state index in [0.717, 1.165) is 12.8 Å². The quantitative estimate of drug-likeness (QED) is 0.704. The highest BCUT2D eigenvalue weighted by Crippen LogP contribution is 2.29. The van der Waals surface area contributed by atoms with E-state index in [-0.39, 0.29) is 0 Å². The van der Waals surface area contributed by atoms with Gasteiger partial charge in [-0.3, -0.25) is 4.79 Å². The maximum Gasteiger partial charge on any atom is 0.323 e. The number of aliphatic carboxylic acids is 1. The molecule has 0 aromatic heterocycles. The minimum Gasteiger partial charge on any atom is -0.480 e. The SMILES string of the molecule is C[C@](N)(CC1CCCCC1)C(=O)O. The zero-order valence-corrected chi connectivity index (χ0v) is 8.25. The Morgan fingerprint density at radius 1 is 1.46 bits per heavy atom. The van der Waals surface area contributed by atoms with Gasteiger partial charge in [-0.1, -0.05) is 32.1 Å². The van der Waals surface area contributed by atoms with Crippen LogP contribution in [0.25, 0.3) is 0 Å². The Kier molecular flexibility index (Phi) is 3.31. The van der Waals surface area contributed by atoms with Crippen LogP contribution in [0.2, 0.25) is 0 Å². The molecule has 0 radical (unpaired) electrons. The molecule has 1 aliphatic carbocycles. The molecule has 0 heterocycles. The molecule has 0 amide bonds. The van der Waals surface area contributed by atoms with Gasteiger partial charge in [-0.05, 0) is 19.3 Å². The van der Waals surface area contributed by atoms with Crippen molar-refractivity contribution in [3.05, 3.63) is 0 Å². The van der Waals surface area contributed by atoms with E-state index in [1.54, 1.807) is 6.92 Å². The topological polar surface area (TPSA) is 63.3 Å². The molecular formula is C10H19NO2. The molecule has 0 saturated heterocycles. The van der Waals surface area contributed by atoms with E-state index < -0.39 is 11.5 Å². The van der Waals surface area contributed by atoms with Gasteiger partial charge in [0, 0.05) is 0 Å². The smallest absolute Gasteiger partial charge is 0.323 e. The normalized spacial score (nSPS) is 23.8. The molecule has 1 atom stereocenters. The summed E-state index contributed by atoms with van der Waals surface area (Å²) in [6.07, 6.45) is 6.70. The summed E-state index contributed by atoms with van der Waals surface area (Å²) >= 11 is 0. The maximum absolute atomic E-state index is 10.8. The first kappa shape index (κ1) is 10.5.